The second kappa shape index (κ2) is 8.81. The summed E-state index contributed by atoms with van der Waals surface area (Å²) in [5, 5.41) is 6.42. The summed E-state index contributed by atoms with van der Waals surface area (Å²) in [7, 11) is 0. The molecule has 6 heteroatoms. The van der Waals surface area contributed by atoms with Crippen molar-refractivity contribution in [1.29, 1.82) is 0 Å². The Morgan fingerprint density at radius 2 is 2.18 bits per heavy atom. The molecule has 0 spiro atoms. The summed E-state index contributed by atoms with van der Waals surface area (Å²) in [6, 6.07) is 6.71. The van der Waals surface area contributed by atoms with Crippen molar-refractivity contribution in [3.8, 4) is 0 Å². The van der Waals surface area contributed by atoms with E-state index in [9.17, 15) is 4.39 Å². The number of nitrogens with zero attached hydrogens (tertiary/aromatic N) is 3. The fourth-order valence-electron chi connectivity index (χ4n) is 2.02. The third-order valence-electron chi connectivity index (χ3n) is 3.15. The molecule has 5 nitrogen and oxygen atoms in total. The first-order valence-corrected chi connectivity index (χ1v) is 7.51. The van der Waals surface area contributed by atoms with Crippen LogP contribution in [0.1, 0.15) is 18.9 Å². The van der Waals surface area contributed by atoms with Gasteiger partial charge in [0, 0.05) is 37.6 Å². The first kappa shape index (κ1) is 16.0. The molecule has 0 aliphatic rings. The van der Waals surface area contributed by atoms with Crippen LogP contribution in [-0.4, -0.2) is 28.6 Å². The van der Waals surface area contributed by atoms with E-state index in [0.29, 0.717) is 18.1 Å². The SMILES string of the molecule is CCNC(=NCc1ccccc1F)NCCCn1ccnc1. The largest absolute Gasteiger partial charge is 0.357 e. The van der Waals surface area contributed by atoms with Crippen LogP contribution in [0.2, 0.25) is 0 Å². The number of halogens is 1. The predicted molar refractivity (Wildman–Crippen MR) is 86.1 cm³/mol. The fourth-order valence-corrected chi connectivity index (χ4v) is 2.02. The van der Waals surface area contributed by atoms with Gasteiger partial charge in [-0.1, -0.05) is 18.2 Å². The van der Waals surface area contributed by atoms with Crippen molar-refractivity contribution in [3.63, 3.8) is 0 Å². The van der Waals surface area contributed by atoms with Crippen molar-refractivity contribution < 1.29 is 4.39 Å². The van der Waals surface area contributed by atoms with Gasteiger partial charge in [0.05, 0.1) is 12.9 Å². The molecule has 1 heterocycles. The highest BCUT2D eigenvalue weighted by Gasteiger charge is 2.01. The van der Waals surface area contributed by atoms with Crippen LogP contribution < -0.4 is 10.6 Å². The van der Waals surface area contributed by atoms with E-state index in [1.54, 1.807) is 24.7 Å². The van der Waals surface area contributed by atoms with Crippen molar-refractivity contribution in [2.45, 2.75) is 26.4 Å². The zero-order chi connectivity index (χ0) is 15.6. The van der Waals surface area contributed by atoms with Gasteiger partial charge in [0.1, 0.15) is 5.82 Å². The number of imidazole rings is 1. The molecule has 0 bridgehead atoms. The van der Waals surface area contributed by atoms with Gasteiger partial charge in [0.2, 0.25) is 0 Å². The summed E-state index contributed by atoms with van der Waals surface area (Å²) < 4.78 is 15.6. The summed E-state index contributed by atoms with van der Waals surface area (Å²) in [6.45, 7) is 4.79. The zero-order valence-electron chi connectivity index (χ0n) is 12.8. The number of rotatable bonds is 7. The predicted octanol–water partition coefficient (Wildman–Crippen LogP) is 2.17. The van der Waals surface area contributed by atoms with E-state index >= 15 is 0 Å². The van der Waals surface area contributed by atoms with Gasteiger partial charge < -0.3 is 15.2 Å². The molecular weight excluding hydrogens is 281 g/mol. The molecule has 0 radical (unpaired) electrons. The smallest absolute Gasteiger partial charge is 0.191 e. The number of aliphatic imine (C=N–C) groups is 1. The maximum Gasteiger partial charge on any atom is 0.191 e. The second-order valence-electron chi connectivity index (χ2n) is 4.87. The van der Waals surface area contributed by atoms with E-state index < -0.39 is 0 Å². The minimum absolute atomic E-state index is 0.220. The van der Waals surface area contributed by atoms with Gasteiger partial charge in [0.15, 0.2) is 5.96 Å². The van der Waals surface area contributed by atoms with Crippen molar-refractivity contribution in [1.82, 2.24) is 20.2 Å². The molecule has 0 atom stereocenters. The van der Waals surface area contributed by atoms with E-state index in [2.05, 4.69) is 20.6 Å². The molecule has 1 aromatic carbocycles. The molecule has 0 fully saturated rings. The monoisotopic (exact) mass is 303 g/mol. The number of benzene rings is 1. The van der Waals surface area contributed by atoms with Crippen LogP contribution in [-0.2, 0) is 13.1 Å². The molecule has 118 valence electrons. The van der Waals surface area contributed by atoms with Crippen molar-refractivity contribution in [3.05, 3.63) is 54.4 Å². The highest BCUT2D eigenvalue weighted by molar-refractivity contribution is 5.79. The Morgan fingerprint density at radius 3 is 2.91 bits per heavy atom. The number of nitrogens with one attached hydrogen (secondary N) is 2. The maximum absolute atomic E-state index is 13.6. The van der Waals surface area contributed by atoms with E-state index in [1.165, 1.54) is 6.07 Å². The van der Waals surface area contributed by atoms with Gasteiger partial charge in [-0.25, -0.2) is 14.4 Å². The lowest BCUT2D eigenvalue weighted by Crippen LogP contribution is -2.38. The van der Waals surface area contributed by atoms with E-state index in [0.717, 1.165) is 26.1 Å². The number of hydrogen-bond acceptors (Lipinski definition) is 2. The summed E-state index contributed by atoms with van der Waals surface area (Å²) in [5.74, 6) is 0.485. The van der Waals surface area contributed by atoms with Crippen LogP contribution in [0.5, 0.6) is 0 Å². The van der Waals surface area contributed by atoms with Crippen LogP contribution in [0.3, 0.4) is 0 Å². The van der Waals surface area contributed by atoms with Gasteiger partial charge in [0.25, 0.3) is 0 Å². The highest BCUT2D eigenvalue weighted by atomic mass is 19.1. The van der Waals surface area contributed by atoms with Crippen LogP contribution in [0.4, 0.5) is 4.39 Å². The summed E-state index contributed by atoms with van der Waals surface area (Å²) in [6.07, 6.45) is 6.47. The molecule has 0 aliphatic carbocycles. The summed E-state index contributed by atoms with van der Waals surface area (Å²) in [4.78, 5) is 8.42. The molecule has 0 saturated heterocycles. The van der Waals surface area contributed by atoms with Gasteiger partial charge >= 0.3 is 0 Å². The van der Waals surface area contributed by atoms with Crippen molar-refractivity contribution >= 4 is 5.96 Å². The van der Waals surface area contributed by atoms with Crippen LogP contribution >= 0.6 is 0 Å². The van der Waals surface area contributed by atoms with Crippen LogP contribution in [0.15, 0.2) is 48.0 Å². The minimum Gasteiger partial charge on any atom is -0.357 e. The molecule has 2 rings (SSSR count). The molecule has 0 saturated carbocycles. The molecule has 2 aromatic rings. The van der Waals surface area contributed by atoms with Gasteiger partial charge in [-0.15, -0.1) is 0 Å². The quantitative estimate of drug-likeness (QED) is 0.468. The topological polar surface area (TPSA) is 54.2 Å². The van der Waals surface area contributed by atoms with Crippen LogP contribution in [0, 0.1) is 5.82 Å². The lowest BCUT2D eigenvalue weighted by molar-refractivity contribution is 0.608. The number of aromatic nitrogens is 2. The Labute approximate surface area is 130 Å². The Balaban J connectivity index is 1.80. The van der Waals surface area contributed by atoms with Crippen LogP contribution in [0.25, 0.3) is 0 Å². The second-order valence-corrected chi connectivity index (χ2v) is 4.87. The average Bonchev–Trinajstić information content (AvgIpc) is 3.03. The van der Waals surface area contributed by atoms with Crippen molar-refractivity contribution in [2.24, 2.45) is 4.99 Å². The number of hydrogen-bond donors (Lipinski definition) is 2. The maximum atomic E-state index is 13.6. The van der Waals surface area contributed by atoms with Gasteiger partial charge in [-0.2, -0.15) is 0 Å². The molecule has 22 heavy (non-hydrogen) atoms. The molecule has 1 aromatic heterocycles. The first-order valence-electron chi connectivity index (χ1n) is 7.51. The van der Waals surface area contributed by atoms with E-state index in [-0.39, 0.29) is 5.82 Å². The first-order chi connectivity index (χ1) is 10.8. The Hall–Kier alpha value is -2.37. The number of guanidine groups is 1. The van der Waals surface area contributed by atoms with E-state index in [1.807, 2.05) is 23.8 Å². The third-order valence-corrected chi connectivity index (χ3v) is 3.15. The Kier molecular flexibility index (Phi) is 6.41. The molecule has 0 amide bonds. The lowest BCUT2D eigenvalue weighted by Gasteiger charge is -2.11. The molecule has 2 N–H and O–H groups in total. The molecular formula is C16H22FN5. The van der Waals surface area contributed by atoms with E-state index in [4.69, 9.17) is 0 Å². The third kappa shape index (κ3) is 5.20. The number of aryl methyl sites for hydroxylation is 1. The Morgan fingerprint density at radius 1 is 1.32 bits per heavy atom. The molecule has 0 aliphatic heterocycles. The van der Waals surface area contributed by atoms with Gasteiger partial charge in [-0.3, -0.25) is 0 Å². The highest BCUT2D eigenvalue weighted by Crippen LogP contribution is 2.07. The normalized spacial score (nSPS) is 11.5. The van der Waals surface area contributed by atoms with Gasteiger partial charge in [-0.05, 0) is 19.4 Å². The average molecular weight is 303 g/mol. The lowest BCUT2D eigenvalue weighted by atomic mass is 10.2. The van der Waals surface area contributed by atoms with Crippen molar-refractivity contribution in [2.75, 3.05) is 13.1 Å². The fraction of sp³-hybridized carbons (Fsp3) is 0.375. The summed E-state index contributed by atoms with van der Waals surface area (Å²) >= 11 is 0. The Bertz CT molecular complexity index is 580. The summed E-state index contributed by atoms with van der Waals surface area (Å²) in [5.41, 5.74) is 0.595. The minimum atomic E-state index is -0.220. The standard InChI is InChI=1S/C16H22FN5/c1-2-19-16(20-8-5-10-22-11-9-18-13-22)21-12-14-6-3-4-7-15(14)17/h3-4,6-7,9,11,13H,2,5,8,10,12H2,1H3,(H2,19,20,21). The molecule has 0 unspecified atom stereocenters. The zero-order valence-corrected chi connectivity index (χ0v) is 12.8.